The minimum atomic E-state index is -4.83. The van der Waals surface area contributed by atoms with Crippen molar-refractivity contribution in [2.75, 3.05) is 5.32 Å². The van der Waals surface area contributed by atoms with Crippen molar-refractivity contribution >= 4 is 34.2 Å². The number of rotatable bonds is 6. The number of benzene rings is 3. The van der Waals surface area contributed by atoms with Gasteiger partial charge in [0, 0.05) is 40.5 Å². The third-order valence-electron chi connectivity index (χ3n) is 5.86. The van der Waals surface area contributed by atoms with Crippen LogP contribution in [0.3, 0.4) is 0 Å². The molecule has 0 saturated carbocycles. The van der Waals surface area contributed by atoms with E-state index >= 15 is 0 Å². The molecule has 0 bridgehead atoms. The number of anilines is 1. The Bertz CT molecular complexity index is 1630. The van der Waals surface area contributed by atoms with Crippen LogP contribution in [0.15, 0.2) is 79.0 Å². The zero-order valence-corrected chi connectivity index (χ0v) is 20.7. The minimum absolute atomic E-state index is 0.174. The molecule has 5 aromatic rings. The molecule has 6 nitrogen and oxygen atoms in total. The van der Waals surface area contributed by atoms with Crippen molar-refractivity contribution in [3.63, 3.8) is 0 Å². The first kappa shape index (κ1) is 25.3. The Morgan fingerprint density at radius 1 is 1.03 bits per heavy atom. The Labute approximate surface area is 220 Å². The summed E-state index contributed by atoms with van der Waals surface area (Å²) in [5, 5.41) is 3.24. The number of aryl methyl sites for hydroxylation is 1. The van der Waals surface area contributed by atoms with E-state index in [0.29, 0.717) is 22.8 Å². The molecule has 10 heteroatoms. The summed E-state index contributed by atoms with van der Waals surface area (Å²) in [7, 11) is 0. The number of ether oxygens (including phenoxy) is 1. The third kappa shape index (κ3) is 5.78. The smallest absolute Gasteiger partial charge is 0.406 e. The molecule has 0 aliphatic heterocycles. The SMILES string of the molecule is Cc1ccc(C(=O)Nc2cccc(OC(F)(F)F)c2)cc1Cc1nc(-c2ccc(Cl)cc2)c2[nH]ccc2n1. The normalized spacial score (nSPS) is 11.5. The minimum Gasteiger partial charge on any atom is -0.406 e. The van der Waals surface area contributed by atoms with Crippen molar-refractivity contribution < 1.29 is 22.7 Å². The number of hydrogen-bond donors (Lipinski definition) is 2. The summed E-state index contributed by atoms with van der Waals surface area (Å²) < 4.78 is 41.5. The highest BCUT2D eigenvalue weighted by molar-refractivity contribution is 6.30. The van der Waals surface area contributed by atoms with Gasteiger partial charge in [-0.15, -0.1) is 13.2 Å². The van der Waals surface area contributed by atoms with Crippen LogP contribution in [-0.4, -0.2) is 27.2 Å². The molecule has 0 unspecified atom stereocenters. The predicted molar refractivity (Wildman–Crippen MR) is 139 cm³/mol. The van der Waals surface area contributed by atoms with Crippen molar-refractivity contribution in [3.05, 3.63) is 107 Å². The van der Waals surface area contributed by atoms with Gasteiger partial charge in [-0.25, -0.2) is 9.97 Å². The topological polar surface area (TPSA) is 79.9 Å². The number of H-pyrrole nitrogens is 1. The number of carbonyl (C=O) groups excluding carboxylic acids is 1. The number of carbonyl (C=O) groups is 1. The van der Waals surface area contributed by atoms with Gasteiger partial charge in [0.05, 0.1) is 16.7 Å². The number of alkyl halides is 3. The summed E-state index contributed by atoms with van der Waals surface area (Å²) in [5.41, 5.74) is 5.47. The molecule has 2 heterocycles. The van der Waals surface area contributed by atoms with E-state index in [1.54, 1.807) is 30.5 Å². The Hall–Kier alpha value is -4.37. The Morgan fingerprint density at radius 2 is 1.82 bits per heavy atom. The van der Waals surface area contributed by atoms with Crippen molar-refractivity contribution in [2.24, 2.45) is 0 Å². The molecule has 0 aliphatic rings. The number of amides is 1. The molecule has 0 fully saturated rings. The highest BCUT2D eigenvalue weighted by Gasteiger charge is 2.31. The van der Waals surface area contributed by atoms with E-state index < -0.39 is 18.0 Å². The van der Waals surface area contributed by atoms with Gasteiger partial charge in [0.1, 0.15) is 11.6 Å². The summed E-state index contributed by atoms with van der Waals surface area (Å²) in [6.45, 7) is 1.92. The second-order valence-electron chi connectivity index (χ2n) is 8.58. The standard InChI is InChI=1S/C28H20ClF3N4O2/c1-16-5-6-18(27(37)34-21-3-2-4-22(15-21)38-28(30,31)32)13-19(16)14-24-35-23-11-12-33-26(23)25(36-24)17-7-9-20(29)10-8-17/h2-13,15,33H,14H2,1H3,(H,34,37). The molecule has 5 rings (SSSR count). The number of halogens is 4. The lowest BCUT2D eigenvalue weighted by Gasteiger charge is -2.12. The van der Waals surface area contributed by atoms with Crippen LogP contribution in [0.25, 0.3) is 22.3 Å². The predicted octanol–water partition coefficient (Wildman–Crippen LogP) is 7.33. The maximum Gasteiger partial charge on any atom is 0.573 e. The van der Waals surface area contributed by atoms with Crippen LogP contribution in [0, 0.1) is 6.92 Å². The zero-order valence-electron chi connectivity index (χ0n) is 19.9. The first-order valence-electron chi connectivity index (χ1n) is 11.5. The van der Waals surface area contributed by atoms with E-state index in [1.165, 1.54) is 12.1 Å². The van der Waals surface area contributed by atoms with Crippen LogP contribution in [0.5, 0.6) is 5.75 Å². The molecular formula is C28H20ClF3N4O2. The van der Waals surface area contributed by atoms with Gasteiger partial charge in [-0.3, -0.25) is 4.79 Å². The van der Waals surface area contributed by atoms with Crippen molar-refractivity contribution in [2.45, 2.75) is 19.7 Å². The van der Waals surface area contributed by atoms with Gasteiger partial charge in [-0.05, 0) is 60.5 Å². The van der Waals surface area contributed by atoms with Crippen LogP contribution in [0.2, 0.25) is 5.02 Å². The van der Waals surface area contributed by atoms with E-state index in [1.807, 2.05) is 31.2 Å². The molecule has 192 valence electrons. The molecule has 1 amide bonds. The molecule has 2 aromatic heterocycles. The first-order chi connectivity index (χ1) is 18.1. The summed E-state index contributed by atoms with van der Waals surface area (Å²) in [4.78, 5) is 25.6. The Kier molecular flexibility index (Phi) is 6.77. The van der Waals surface area contributed by atoms with Gasteiger partial charge in [-0.1, -0.05) is 35.9 Å². The average molecular weight is 537 g/mol. The highest BCUT2D eigenvalue weighted by Crippen LogP contribution is 2.28. The van der Waals surface area contributed by atoms with Gasteiger partial charge < -0.3 is 15.0 Å². The maximum atomic E-state index is 12.9. The van der Waals surface area contributed by atoms with E-state index in [2.05, 4.69) is 20.0 Å². The summed E-state index contributed by atoms with van der Waals surface area (Å²) >= 11 is 6.05. The molecule has 0 saturated heterocycles. The van der Waals surface area contributed by atoms with Crippen LogP contribution in [0.4, 0.5) is 18.9 Å². The Morgan fingerprint density at radius 3 is 2.58 bits per heavy atom. The van der Waals surface area contributed by atoms with Gasteiger partial charge in [0.2, 0.25) is 0 Å². The van der Waals surface area contributed by atoms with Crippen LogP contribution in [0.1, 0.15) is 27.3 Å². The second kappa shape index (κ2) is 10.2. The third-order valence-corrected chi connectivity index (χ3v) is 6.11. The van der Waals surface area contributed by atoms with E-state index in [4.69, 9.17) is 16.6 Å². The van der Waals surface area contributed by atoms with Crippen molar-refractivity contribution in [3.8, 4) is 17.0 Å². The summed E-state index contributed by atoms with van der Waals surface area (Å²) in [6.07, 6.45) is -2.66. The lowest BCUT2D eigenvalue weighted by molar-refractivity contribution is -0.274. The number of hydrogen-bond acceptors (Lipinski definition) is 4. The second-order valence-corrected chi connectivity index (χ2v) is 9.02. The van der Waals surface area contributed by atoms with E-state index in [-0.39, 0.29) is 5.69 Å². The summed E-state index contributed by atoms with van der Waals surface area (Å²) in [5.74, 6) is -0.326. The van der Waals surface area contributed by atoms with Crippen LogP contribution >= 0.6 is 11.6 Å². The van der Waals surface area contributed by atoms with Gasteiger partial charge in [0.15, 0.2) is 0 Å². The van der Waals surface area contributed by atoms with E-state index in [0.717, 1.165) is 45.6 Å². The lowest BCUT2D eigenvalue weighted by Crippen LogP contribution is -2.17. The fourth-order valence-electron chi connectivity index (χ4n) is 4.04. The fourth-order valence-corrected chi connectivity index (χ4v) is 4.16. The number of aromatic nitrogens is 3. The molecule has 0 aliphatic carbocycles. The molecule has 38 heavy (non-hydrogen) atoms. The van der Waals surface area contributed by atoms with Gasteiger partial charge in [-0.2, -0.15) is 0 Å². The zero-order chi connectivity index (χ0) is 26.9. The summed E-state index contributed by atoms with van der Waals surface area (Å²) in [6, 6.07) is 19.5. The number of nitrogens with zero attached hydrogens (tertiary/aromatic N) is 2. The monoisotopic (exact) mass is 536 g/mol. The highest BCUT2D eigenvalue weighted by atomic mass is 35.5. The van der Waals surface area contributed by atoms with Crippen molar-refractivity contribution in [1.29, 1.82) is 0 Å². The van der Waals surface area contributed by atoms with Crippen molar-refractivity contribution in [1.82, 2.24) is 15.0 Å². The quantitative estimate of drug-likeness (QED) is 0.238. The van der Waals surface area contributed by atoms with Crippen LogP contribution in [-0.2, 0) is 6.42 Å². The molecule has 0 atom stereocenters. The fraction of sp³-hybridized carbons (Fsp3) is 0.107. The molecule has 2 N–H and O–H groups in total. The van der Waals surface area contributed by atoms with Gasteiger partial charge in [0.25, 0.3) is 5.91 Å². The molecule has 0 spiro atoms. The maximum absolute atomic E-state index is 12.9. The molecular weight excluding hydrogens is 517 g/mol. The average Bonchev–Trinajstić information content (AvgIpc) is 3.33. The van der Waals surface area contributed by atoms with Gasteiger partial charge >= 0.3 is 6.36 Å². The number of nitrogens with one attached hydrogen (secondary N) is 2. The first-order valence-corrected chi connectivity index (χ1v) is 11.9. The number of aromatic amines is 1. The van der Waals surface area contributed by atoms with Crippen LogP contribution < -0.4 is 10.1 Å². The molecule has 3 aromatic carbocycles. The van der Waals surface area contributed by atoms with E-state index in [9.17, 15) is 18.0 Å². The largest absolute Gasteiger partial charge is 0.573 e. The lowest BCUT2D eigenvalue weighted by atomic mass is 10.0. The number of fused-ring (bicyclic) bond motifs is 1. The Balaban J connectivity index is 1.41. The molecule has 0 radical (unpaired) electrons.